The van der Waals surface area contributed by atoms with Gasteiger partial charge in [-0.05, 0) is 34.7 Å². The Morgan fingerprint density at radius 1 is 0.906 bits per heavy atom. The Balaban J connectivity index is 2.12. The van der Waals surface area contributed by atoms with Crippen LogP contribution in [0.15, 0.2) is 84.4 Å². The Hall–Kier alpha value is -3.33. The molecule has 3 rings (SSSR count). The minimum atomic E-state index is -0.234. The molecular weight excluding hydrogens is 394 g/mol. The van der Waals surface area contributed by atoms with Crippen LogP contribution in [0.3, 0.4) is 0 Å². The van der Waals surface area contributed by atoms with E-state index < -0.39 is 0 Å². The summed E-state index contributed by atoms with van der Waals surface area (Å²) in [4.78, 5) is 4.66. The Morgan fingerprint density at radius 3 is 2.22 bits per heavy atom. The van der Waals surface area contributed by atoms with Crippen LogP contribution in [0.4, 0.5) is 5.69 Å². The summed E-state index contributed by atoms with van der Waals surface area (Å²) in [5.41, 5.74) is 4.19. The number of aromatic hydroxyl groups is 1. The Labute approximate surface area is 192 Å². The van der Waals surface area contributed by atoms with E-state index in [2.05, 4.69) is 76.5 Å². The molecule has 0 aliphatic carbocycles. The van der Waals surface area contributed by atoms with Gasteiger partial charge in [-0.15, -0.1) is 0 Å². The van der Waals surface area contributed by atoms with Gasteiger partial charge in [0.15, 0.2) is 0 Å². The van der Waals surface area contributed by atoms with Crippen molar-refractivity contribution >= 4 is 11.9 Å². The van der Waals surface area contributed by atoms with Gasteiger partial charge in [0.1, 0.15) is 23.8 Å². The molecule has 0 aliphatic heterocycles. The van der Waals surface area contributed by atoms with Crippen LogP contribution in [-0.4, -0.2) is 17.9 Å². The van der Waals surface area contributed by atoms with Gasteiger partial charge in [-0.3, -0.25) is 4.99 Å². The highest BCUT2D eigenvalue weighted by molar-refractivity contribution is 5.87. The van der Waals surface area contributed by atoms with E-state index in [1.165, 1.54) is 5.56 Å². The zero-order chi connectivity index (χ0) is 23.4. The third kappa shape index (κ3) is 5.11. The topological polar surface area (TPSA) is 41.8 Å². The molecule has 0 bridgehead atoms. The number of phenolic OH excluding ortho intramolecular Hbond substituents is 1. The van der Waals surface area contributed by atoms with Crippen molar-refractivity contribution in [1.29, 1.82) is 0 Å². The second-order valence-electron chi connectivity index (χ2n) is 9.53. The van der Waals surface area contributed by atoms with Crippen molar-refractivity contribution < 1.29 is 9.84 Å². The molecule has 0 spiro atoms. The number of rotatable bonds is 7. The first-order valence-corrected chi connectivity index (χ1v) is 10.9. The van der Waals surface area contributed by atoms with Crippen LogP contribution >= 0.6 is 0 Å². The summed E-state index contributed by atoms with van der Waals surface area (Å²) in [7, 11) is 0. The van der Waals surface area contributed by atoms with E-state index in [0.717, 1.165) is 11.1 Å². The Kier molecular flexibility index (Phi) is 6.88. The van der Waals surface area contributed by atoms with E-state index in [4.69, 9.17) is 4.74 Å². The molecule has 0 saturated carbocycles. The number of phenols is 1. The molecule has 0 saturated heterocycles. The number of benzene rings is 3. The summed E-state index contributed by atoms with van der Waals surface area (Å²) in [6, 6.07) is 22.2. The minimum Gasteiger partial charge on any atom is -0.507 e. The maximum Gasteiger partial charge on any atom is 0.145 e. The van der Waals surface area contributed by atoms with Crippen LogP contribution in [0.5, 0.6) is 11.5 Å². The molecule has 3 aromatic carbocycles. The van der Waals surface area contributed by atoms with Gasteiger partial charge in [-0.1, -0.05) is 95.8 Å². The van der Waals surface area contributed by atoms with Crippen LogP contribution in [0.25, 0.3) is 0 Å². The van der Waals surface area contributed by atoms with Gasteiger partial charge in [0.2, 0.25) is 0 Å². The molecule has 3 aromatic rings. The van der Waals surface area contributed by atoms with Crippen LogP contribution < -0.4 is 4.74 Å². The Morgan fingerprint density at radius 2 is 1.56 bits per heavy atom. The highest BCUT2D eigenvalue weighted by Gasteiger charge is 2.28. The van der Waals surface area contributed by atoms with Gasteiger partial charge in [-0.25, -0.2) is 0 Å². The van der Waals surface area contributed by atoms with Crippen molar-refractivity contribution in [2.45, 2.75) is 45.4 Å². The Bertz CT molecular complexity index is 1110. The summed E-state index contributed by atoms with van der Waals surface area (Å²) >= 11 is 0. The lowest BCUT2D eigenvalue weighted by atomic mass is 9.74. The van der Waals surface area contributed by atoms with Gasteiger partial charge in [-0.2, -0.15) is 0 Å². The number of hydrogen-bond acceptors (Lipinski definition) is 3. The number of aliphatic imine (C=N–C) groups is 1. The summed E-state index contributed by atoms with van der Waals surface area (Å²) in [5.74, 6) is 0.943. The lowest BCUT2D eigenvalue weighted by Gasteiger charge is -2.30. The highest BCUT2D eigenvalue weighted by Crippen LogP contribution is 2.40. The maximum absolute atomic E-state index is 11.1. The fourth-order valence-electron chi connectivity index (χ4n) is 3.68. The smallest absolute Gasteiger partial charge is 0.145 e. The lowest BCUT2D eigenvalue weighted by molar-refractivity contribution is 0.364. The summed E-state index contributed by atoms with van der Waals surface area (Å²) in [5, 5.41) is 11.1. The highest BCUT2D eigenvalue weighted by atomic mass is 16.5. The van der Waals surface area contributed by atoms with Crippen LogP contribution in [-0.2, 0) is 10.8 Å². The molecule has 0 fully saturated rings. The number of para-hydroxylation sites is 2. The first-order valence-electron chi connectivity index (χ1n) is 10.9. The van der Waals surface area contributed by atoms with E-state index in [1.54, 1.807) is 12.3 Å². The third-order valence-corrected chi connectivity index (χ3v) is 5.73. The fourth-order valence-corrected chi connectivity index (χ4v) is 3.68. The molecule has 0 radical (unpaired) electrons. The zero-order valence-corrected chi connectivity index (χ0v) is 19.7. The van der Waals surface area contributed by atoms with Gasteiger partial charge < -0.3 is 9.84 Å². The molecule has 0 aliphatic rings. The average molecular weight is 428 g/mol. The third-order valence-electron chi connectivity index (χ3n) is 5.73. The largest absolute Gasteiger partial charge is 0.507 e. The van der Waals surface area contributed by atoms with Gasteiger partial charge in [0.25, 0.3) is 0 Å². The number of ether oxygens (including phenoxy) is 1. The van der Waals surface area contributed by atoms with Crippen molar-refractivity contribution in [3.05, 3.63) is 102 Å². The monoisotopic (exact) mass is 427 g/mol. The van der Waals surface area contributed by atoms with Crippen LogP contribution in [0, 0.1) is 0 Å². The molecule has 0 amide bonds. The molecule has 3 heteroatoms. The molecule has 0 unspecified atom stereocenters. The summed E-state index contributed by atoms with van der Waals surface area (Å²) < 4.78 is 5.72. The maximum atomic E-state index is 11.1. The summed E-state index contributed by atoms with van der Waals surface area (Å²) in [6.45, 7) is 14.9. The summed E-state index contributed by atoms with van der Waals surface area (Å²) in [6.07, 6.45) is 3.43. The predicted molar refractivity (Wildman–Crippen MR) is 135 cm³/mol. The quantitative estimate of drug-likeness (QED) is 0.317. The van der Waals surface area contributed by atoms with Crippen molar-refractivity contribution in [1.82, 2.24) is 0 Å². The normalized spacial score (nSPS) is 12.2. The SMILES string of the molecule is C=CCOc1ccccc1N=Cc1cc(C(C)(C)c2ccccc2)cc(C(C)(C)C)c1O. The minimum absolute atomic E-state index is 0.222. The van der Waals surface area contributed by atoms with E-state index in [-0.39, 0.29) is 16.6 Å². The zero-order valence-electron chi connectivity index (χ0n) is 19.7. The van der Waals surface area contributed by atoms with Crippen molar-refractivity contribution in [3.8, 4) is 11.5 Å². The lowest BCUT2D eigenvalue weighted by Crippen LogP contribution is -2.21. The van der Waals surface area contributed by atoms with E-state index >= 15 is 0 Å². The van der Waals surface area contributed by atoms with Crippen molar-refractivity contribution in [2.24, 2.45) is 4.99 Å². The van der Waals surface area contributed by atoms with Gasteiger partial charge in [0, 0.05) is 22.8 Å². The van der Waals surface area contributed by atoms with Crippen molar-refractivity contribution in [2.75, 3.05) is 6.61 Å². The molecule has 32 heavy (non-hydrogen) atoms. The number of hydrogen-bond donors (Lipinski definition) is 1. The van der Waals surface area contributed by atoms with E-state index in [0.29, 0.717) is 23.6 Å². The second kappa shape index (κ2) is 9.44. The van der Waals surface area contributed by atoms with E-state index in [9.17, 15) is 5.11 Å². The fraction of sp³-hybridized carbons (Fsp3) is 0.276. The molecule has 0 atom stereocenters. The van der Waals surface area contributed by atoms with Crippen LogP contribution in [0.2, 0.25) is 0 Å². The first-order chi connectivity index (χ1) is 15.1. The number of nitrogens with zero attached hydrogens (tertiary/aromatic N) is 1. The van der Waals surface area contributed by atoms with E-state index in [1.807, 2.05) is 36.4 Å². The van der Waals surface area contributed by atoms with Crippen molar-refractivity contribution in [3.63, 3.8) is 0 Å². The standard InChI is InChI=1S/C29H33NO2/c1-7-17-32-26-16-12-11-15-25(26)30-20-21-18-23(19-24(27(21)31)28(2,3)4)29(5,6)22-13-9-8-10-14-22/h7-16,18-20,31H,1,17H2,2-6H3. The first kappa shape index (κ1) is 23.3. The molecule has 0 heterocycles. The molecular formula is C29H33NO2. The molecule has 3 nitrogen and oxygen atoms in total. The van der Waals surface area contributed by atoms with Gasteiger partial charge >= 0.3 is 0 Å². The van der Waals surface area contributed by atoms with Gasteiger partial charge in [0.05, 0.1) is 0 Å². The average Bonchev–Trinajstić information content (AvgIpc) is 2.77. The molecule has 0 aromatic heterocycles. The predicted octanol–water partition coefficient (Wildman–Crippen LogP) is 7.33. The molecule has 166 valence electrons. The second-order valence-corrected chi connectivity index (χ2v) is 9.53. The van der Waals surface area contributed by atoms with Crippen LogP contribution in [0.1, 0.15) is 56.9 Å². The molecule has 1 N–H and O–H groups in total.